The molecule has 0 spiro atoms. The summed E-state index contributed by atoms with van der Waals surface area (Å²) in [5.74, 6) is 0. The molecule has 0 bridgehead atoms. The minimum Gasteiger partial charge on any atom is -0.362 e. The van der Waals surface area contributed by atoms with Crippen molar-refractivity contribution in [1.82, 2.24) is 4.98 Å². The van der Waals surface area contributed by atoms with E-state index in [0.29, 0.717) is 0 Å². The van der Waals surface area contributed by atoms with Crippen LogP contribution in [0, 0.1) is 13.8 Å². The molecule has 1 unspecified atom stereocenters. The zero-order valence-corrected chi connectivity index (χ0v) is 9.07. The highest BCUT2D eigenvalue weighted by atomic mass is 14.7. The van der Waals surface area contributed by atoms with Gasteiger partial charge in [0.25, 0.3) is 0 Å². The molecular weight excluding hydrogens is 160 g/mol. The molecule has 1 rings (SSSR count). The Morgan fingerprint density at radius 3 is 2.38 bits per heavy atom. The highest BCUT2D eigenvalue weighted by Gasteiger charge is 2.10. The molecule has 74 valence electrons. The molecule has 0 aliphatic heterocycles. The Morgan fingerprint density at radius 1 is 1.38 bits per heavy atom. The highest BCUT2D eigenvalue weighted by Crippen LogP contribution is 2.19. The normalized spacial score (nSPS) is 13.3. The van der Waals surface area contributed by atoms with E-state index < -0.39 is 0 Å². The monoisotopic (exact) mass is 180 g/mol. The van der Waals surface area contributed by atoms with Crippen molar-refractivity contribution in [2.24, 2.45) is 5.73 Å². The summed E-state index contributed by atoms with van der Waals surface area (Å²) in [4.78, 5) is 3.42. The highest BCUT2D eigenvalue weighted by molar-refractivity contribution is 5.35. The van der Waals surface area contributed by atoms with Crippen LogP contribution in [0.4, 0.5) is 0 Å². The van der Waals surface area contributed by atoms with Gasteiger partial charge >= 0.3 is 0 Å². The first-order chi connectivity index (χ1) is 6.06. The molecule has 0 fully saturated rings. The summed E-state index contributed by atoms with van der Waals surface area (Å²) >= 11 is 0. The predicted octanol–water partition coefficient (Wildman–Crippen LogP) is 2.08. The second kappa shape index (κ2) is 3.97. The lowest BCUT2D eigenvalue weighted by atomic mass is 10.1. The van der Waals surface area contributed by atoms with Gasteiger partial charge < -0.3 is 10.7 Å². The molecule has 2 heteroatoms. The summed E-state index contributed by atoms with van der Waals surface area (Å²) in [6.07, 6.45) is 2.06. The second-order valence-corrected chi connectivity index (χ2v) is 3.87. The molecule has 0 aromatic carbocycles. The van der Waals surface area contributed by atoms with E-state index in [-0.39, 0.29) is 6.04 Å². The fourth-order valence-corrected chi connectivity index (χ4v) is 1.92. The van der Waals surface area contributed by atoms with E-state index in [1.807, 2.05) is 6.92 Å². The Kier molecular flexibility index (Phi) is 3.15. The Balaban J connectivity index is 2.96. The fourth-order valence-electron chi connectivity index (χ4n) is 1.92. The molecule has 13 heavy (non-hydrogen) atoms. The maximum Gasteiger partial charge on any atom is 0.0197 e. The lowest BCUT2D eigenvalue weighted by Gasteiger charge is -2.04. The largest absolute Gasteiger partial charge is 0.362 e. The van der Waals surface area contributed by atoms with Crippen LogP contribution >= 0.6 is 0 Å². The molecule has 0 amide bonds. The Labute approximate surface area is 80.5 Å². The summed E-state index contributed by atoms with van der Waals surface area (Å²) in [5.41, 5.74) is 11.2. The van der Waals surface area contributed by atoms with Crippen molar-refractivity contribution < 1.29 is 0 Å². The van der Waals surface area contributed by atoms with E-state index in [1.165, 1.54) is 22.5 Å². The number of rotatable bonds is 3. The van der Waals surface area contributed by atoms with Crippen LogP contribution in [-0.2, 0) is 12.8 Å². The number of aromatic amines is 1. The number of hydrogen-bond acceptors (Lipinski definition) is 1. The third-order valence-electron chi connectivity index (χ3n) is 2.58. The van der Waals surface area contributed by atoms with Crippen LogP contribution in [0.3, 0.4) is 0 Å². The Hall–Kier alpha value is -0.760. The number of nitrogens with two attached hydrogens (primary N) is 1. The van der Waals surface area contributed by atoms with Crippen LogP contribution in [0.15, 0.2) is 0 Å². The lowest BCUT2D eigenvalue weighted by Crippen LogP contribution is -2.18. The van der Waals surface area contributed by atoms with E-state index in [2.05, 4.69) is 25.8 Å². The van der Waals surface area contributed by atoms with Crippen LogP contribution in [0.2, 0.25) is 0 Å². The van der Waals surface area contributed by atoms with Crippen LogP contribution in [-0.4, -0.2) is 11.0 Å². The van der Waals surface area contributed by atoms with Gasteiger partial charge in [-0.1, -0.05) is 6.92 Å². The molecule has 0 radical (unpaired) electrons. The zero-order chi connectivity index (χ0) is 10.0. The van der Waals surface area contributed by atoms with E-state index in [4.69, 9.17) is 5.73 Å². The van der Waals surface area contributed by atoms with E-state index in [1.54, 1.807) is 0 Å². The van der Waals surface area contributed by atoms with Crippen molar-refractivity contribution in [3.63, 3.8) is 0 Å². The average molecular weight is 180 g/mol. The molecule has 0 saturated heterocycles. The topological polar surface area (TPSA) is 41.8 Å². The van der Waals surface area contributed by atoms with E-state index in [0.717, 1.165) is 12.8 Å². The number of aromatic nitrogens is 1. The van der Waals surface area contributed by atoms with Gasteiger partial charge in [0.1, 0.15) is 0 Å². The molecule has 1 atom stereocenters. The summed E-state index contributed by atoms with van der Waals surface area (Å²) < 4.78 is 0. The van der Waals surface area contributed by atoms with Gasteiger partial charge in [-0.05, 0) is 38.3 Å². The number of nitrogens with one attached hydrogen (secondary N) is 1. The van der Waals surface area contributed by atoms with Gasteiger partial charge in [-0.25, -0.2) is 0 Å². The fraction of sp³-hybridized carbons (Fsp3) is 0.636. The standard InChI is InChI=1S/C11H20N2/c1-5-10-8(3)11(6-7(2)12)13-9(10)4/h7,13H,5-6,12H2,1-4H3. The van der Waals surface area contributed by atoms with Gasteiger partial charge in [0.2, 0.25) is 0 Å². The summed E-state index contributed by atoms with van der Waals surface area (Å²) in [6.45, 7) is 8.55. The van der Waals surface area contributed by atoms with Gasteiger partial charge in [0.05, 0.1) is 0 Å². The Bertz CT molecular complexity index is 285. The molecule has 0 aliphatic carbocycles. The van der Waals surface area contributed by atoms with Crippen molar-refractivity contribution in [2.45, 2.75) is 46.6 Å². The van der Waals surface area contributed by atoms with Gasteiger partial charge in [-0.15, -0.1) is 0 Å². The predicted molar refractivity (Wildman–Crippen MR) is 57.0 cm³/mol. The third kappa shape index (κ3) is 2.13. The molecule has 1 aromatic rings. The first kappa shape index (κ1) is 10.3. The lowest BCUT2D eigenvalue weighted by molar-refractivity contribution is 0.721. The number of aryl methyl sites for hydroxylation is 1. The number of H-pyrrole nitrogens is 1. The third-order valence-corrected chi connectivity index (χ3v) is 2.58. The minimum atomic E-state index is 0.237. The summed E-state index contributed by atoms with van der Waals surface area (Å²) in [6, 6.07) is 0.237. The summed E-state index contributed by atoms with van der Waals surface area (Å²) in [5, 5.41) is 0. The molecule has 1 heterocycles. The van der Waals surface area contributed by atoms with Crippen LogP contribution < -0.4 is 5.73 Å². The van der Waals surface area contributed by atoms with Gasteiger partial charge in [-0.2, -0.15) is 0 Å². The molecule has 0 aliphatic rings. The SMILES string of the molecule is CCc1c(C)[nH]c(CC(C)N)c1C. The number of hydrogen-bond donors (Lipinski definition) is 2. The minimum absolute atomic E-state index is 0.237. The molecular formula is C11H20N2. The maximum absolute atomic E-state index is 5.77. The van der Waals surface area contributed by atoms with Crippen molar-refractivity contribution in [1.29, 1.82) is 0 Å². The van der Waals surface area contributed by atoms with Crippen molar-refractivity contribution in [2.75, 3.05) is 0 Å². The first-order valence-corrected chi connectivity index (χ1v) is 4.98. The molecule has 0 saturated carbocycles. The quantitative estimate of drug-likeness (QED) is 0.734. The Morgan fingerprint density at radius 2 is 2.00 bits per heavy atom. The summed E-state index contributed by atoms with van der Waals surface area (Å²) in [7, 11) is 0. The zero-order valence-electron chi connectivity index (χ0n) is 9.07. The van der Waals surface area contributed by atoms with Crippen molar-refractivity contribution in [3.8, 4) is 0 Å². The molecule has 1 aromatic heterocycles. The van der Waals surface area contributed by atoms with Crippen LogP contribution in [0.5, 0.6) is 0 Å². The van der Waals surface area contributed by atoms with Crippen LogP contribution in [0.1, 0.15) is 36.4 Å². The van der Waals surface area contributed by atoms with Crippen molar-refractivity contribution in [3.05, 3.63) is 22.5 Å². The molecule has 3 N–H and O–H groups in total. The first-order valence-electron chi connectivity index (χ1n) is 4.98. The second-order valence-electron chi connectivity index (χ2n) is 3.87. The average Bonchev–Trinajstić information content (AvgIpc) is 2.26. The van der Waals surface area contributed by atoms with E-state index in [9.17, 15) is 0 Å². The van der Waals surface area contributed by atoms with Crippen molar-refractivity contribution >= 4 is 0 Å². The maximum atomic E-state index is 5.77. The van der Waals surface area contributed by atoms with Gasteiger partial charge in [0.15, 0.2) is 0 Å². The van der Waals surface area contributed by atoms with Gasteiger partial charge in [-0.3, -0.25) is 0 Å². The smallest absolute Gasteiger partial charge is 0.0197 e. The van der Waals surface area contributed by atoms with E-state index >= 15 is 0 Å². The van der Waals surface area contributed by atoms with Crippen LogP contribution in [0.25, 0.3) is 0 Å². The molecule has 2 nitrogen and oxygen atoms in total. The van der Waals surface area contributed by atoms with Gasteiger partial charge in [0, 0.05) is 23.9 Å².